The molecule has 6 heteroatoms. The topological polar surface area (TPSA) is 0 Å². The molecule has 0 radical (unpaired) electrons. The molecule has 0 amide bonds. The number of halogens is 4. The second-order valence-corrected chi connectivity index (χ2v) is 27.7. The Morgan fingerprint density at radius 2 is 1.00 bits per heavy atom. The first-order valence-electron chi connectivity index (χ1n) is 3.83. The van der Waals surface area contributed by atoms with Crippen molar-refractivity contribution in [3.8, 4) is 0 Å². The van der Waals surface area contributed by atoms with Crippen LogP contribution in [0.25, 0.3) is 0 Å². The van der Waals surface area contributed by atoms with Crippen LogP contribution in [-0.4, -0.2) is 18.5 Å². The molecule has 0 heterocycles. The number of hydrogen-bond donors (Lipinski definition) is 0. The van der Waals surface area contributed by atoms with E-state index < -0.39 is 15.5 Å². The molecule has 0 aromatic carbocycles. The Morgan fingerprint density at radius 1 is 0.833 bits per heavy atom. The molecule has 0 aliphatic heterocycles. The molecule has 12 heavy (non-hydrogen) atoms. The maximum absolute atomic E-state index is 5.04. The molecule has 0 aromatic rings. The summed E-state index contributed by atoms with van der Waals surface area (Å²) >= 11 is -3.29. The molecule has 0 rings (SSSR count). The Morgan fingerprint density at radius 3 is 1.00 bits per heavy atom. The van der Waals surface area contributed by atoms with E-state index in [1.165, 1.54) is 18.5 Å². The van der Waals surface area contributed by atoms with Crippen molar-refractivity contribution in [3.63, 3.8) is 0 Å². The van der Waals surface area contributed by atoms with Crippen LogP contribution in [-0.2, 0) is 15.5 Å². The summed E-state index contributed by atoms with van der Waals surface area (Å²) in [5.74, 6) is 0. The third-order valence-electron chi connectivity index (χ3n) is 1.34. The molecule has 0 nitrogen and oxygen atoms in total. The minimum absolute atomic E-state index is 0.446. The summed E-state index contributed by atoms with van der Waals surface area (Å²) in [6, 6.07) is 0. The second kappa shape index (κ2) is 10.0. The van der Waals surface area contributed by atoms with Crippen molar-refractivity contribution in [2.24, 2.45) is 0 Å². The Kier molecular flexibility index (Phi) is 14.1. The van der Waals surface area contributed by atoms with Gasteiger partial charge in [0.2, 0.25) is 0 Å². The van der Waals surface area contributed by atoms with Crippen LogP contribution in [0.3, 0.4) is 0 Å². The van der Waals surface area contributed by atoms with E-state index in [1.54, 1.807) is 0 Å². The van der Waals surface area contributed by atoms with Gasteiger partial charge in [0.15, 0.2) is 0 Å². The molecule has 0 unspecified atom stereocenters. The zero-order valence-corrected chi connectivity index (χ0v) is 14.0. The van der Waals surface area contributed by atoms with Crippen LogP contribution in [0.4, 0.5) is 0 Å². The van der Waals surface area contributed by atoms with Gasteiger partial charge >= 0.3 is 49.5 Å². The quantitative estimate of drug-likeness (QED) is 0.607. The molecule has 0 saturated carbocycles. The third kappa shape index (κ3) is 22.9. The van der Waals surface area contributed by atoms with Gasteiger partial charge in [0.05, 0.1) is 0 Å². The SMILES string of the molecule is CCP(CC)CC.[Cl][Zr]([Cl])([Cl])[Cl]. The van der Waals surface area contributed by atoms with Crippen molar-refractivity contribution >= 4 is 42.0 Å². The molecule has 76 valence electrons. The molecule has 0 aliphatic carbocycles. The molecule has 0 aromatic heterocycles. The predicted molar refractivity (Wildman–Crippen MR) is 62.0 cm³/mol. The van der Waals surface area contributed by atoms with E-state index in [4.69, 9.17) is 34.1 Å². The number of hydrogen-bond acceptors (Lipinski definition) is 0. The first kappa shape index (κ1) is 16.9. The molecular weight excluding hydrogens is 336 g/mol. The Labute approximate surface area is 95.6 Å². The van der Waals surface area contributed by atoms with Gasteiger partial charge in [0.25, 0.3) is 0 Å². The molecule has 0 spiro atoms. The van der Waals surface area contributed by atoms with Crippen LogP contribution < -0.4 is 0 Å². The van der Waals surface area contributed by atoms with Gasteiger partial charge < -0.3 is 0 Å². The summed E-state index contributed by atoms with van der Waals surface area (Å²) in [6.45, 7) is 6.87. The fourth-order valence-corrected chi connectivity index (χ4v) is 2.01. The summed E-state index contributed by atoms with van der Waals surface area (Å²) in [5, 5.41) is 0. The van der Waals surface area contributed by atoms with E-state index in [2.05, 4.69) is 20.8 Å². The van der Waals surface area contributed by atoms with E-state index in [1.807, 2.05) is 0 Å². The Balaban J connectivity index is 0. The van der Waals surface area contributed by atoms with E-state index in [0.29, 0.717) is 7.92 Å². The molecule has 0 saturated heterocycles. The van der Waals surface area contributed by atoms with Gasteiger partial charge in [-0.3, -0.25) is 0 Å². The molecular formula is C6H15Cl4PZr. The fourth-order valence-electron chi connectivity index (χ4n) is 0.671. The fraction of sp³-hybridized carbons (Fsp3) is 1.00. The van der Waals surface area contributed by atoms with Crippen LogP contribution in [0.1, 0.15) is 20.8 Å². The Hall–Kier alpha value is 2.47. The zero-order valence-electron chi connectivity index (χ0n) is 7.58. The third-order valence-corrected chi connectivity index (χ3v) is 4.02. The van der Waals surface area contributed by atoms with Crippen molar-refractivity contribution in [3.05, 3.63) is 0 Å². The second-order valence-electron chi connectivity index (χ2n) is 2.05. The van der Waals surface area contributed by atoms with Crippen molar-refractivity contribution in [1.82, 2.24) is 0 Å². The van der Waals surface area contributed by atoms with Crippen LogP contribution in [0.5, 0.6) is 0 Å². The van der Waals surface area contributed by atoms with Crippen LogP contribution in [0, 0.1) is 0 Å². The monoisotopic (exact) mass is 348 g/mol. The van der Waals surface area contributed by atoms with Gasteiger partial charge in [0, 0.05) is 0 Å². The summed E-state index contributed by atoms with van der Waals surface area (Å²) in [5.41, 5.74) is 0. The van der Waals surface area contributed by atoms with Crippen molar-refractivity contribution in [2.45, 2.75) is 20.8 Å². The summed E-state index contributed by atoms with van der Waals surface area (Å²) < 4.78 is 0. The number of rotatable bonds is 3. The molecule has 0 atom stereocenters. The molecule has 0 fully saturated rings. The van der Waals surface area contributed by atoms with Gasteiger partial charge in [-0.15, -0.1) is 7.92 Å². The molecule has 0 N–H and O–H groups in total. The van der Waals surface area contributed by atoms with Gasteiger partial charge in [0.1, 0.15) is 0 Å². The first-order chi connectivity index (χ1) is 5.35. The van der Waals surface area contributed by atoms with Gasteiger partial charge in [-0.25, -0.2) is 0 Å². The molecule has 0 bridgehead atoms. The summed E-state index contributed by atoms with van der Waals surface area (Å²) in [7, 11) is 20.6. The average Bonchev–Trinajstić information content (AvgIpc) is 1.88. The van der Waals surface area contributed by atoms with E-state index in [0.717, 1.165) is 0 Å². The van der Waals surface area contributed by atoms with Gasteiger partial charge in [-0.1, -0.05) is 20.8 Å². The van der Waals surface area contributed by atoms with Gasteiger partial charge in [-0.05, 0) is 18.5 Å². The Bertz CT molecular complexity index is 80.5. The molecule has 0 aliphatic rings. The summed E-state index contributed by atoms with van der Waals surface area (Å²) in [4.78, 5) is 0. The standard InChI is InChI=1S/C6H15P.4ClH.Zr/c1-4-7(5-2)6-3;;;;;/h4-6H2,1-3H3;4*1H;/q;;;;;+4/p-4. The van der Waals surface area contributed by atoms with Gasteiger partial charge in [-0.2, -0.15) is 0 Å². The first-order valence-corrected chi connectivity index (χ1v) is 18.4. The average molecular weight is 351 g/mol. The normalized spacial score (nSPS) is 11.0. The van der Waals surface area contributed by atoms with E-state index in [-0.39, 0.29) is 0 Å². The van der Waals surface area contributed by atoms with E-state index in [9.17, 15) is 0 Å². The summed E-state index contributed by atoms with van der Waals surface area (Å²) in [6.07, 6.45) is 4.26. The van der Waals surface area contributed by atoms with Crippen molar-refractivity contribution in [2.75, 3.05) is 18.5 Å². The van der Waals surface area contributed by atoms with Crippen LogP contribution in [0.2, 0.25) is 0 Å². The maximum atomic E-state index is 5.04. The van der Waals surface area contributed by atoms with Crippen molar-refractivity contribution < 1.29 is 15.5 Å². The van der Waals surface area contributed by atoms with Crippen LogP contribution >= 0.6 is 42.0 Å². The minimum atomic E-state index is -3.29. The van der Waals surface area contributed by atoms with Crippen LogP contribution in [0.15, 0.2) is 0 Å². The zero-order chi connectivity index (χ0) is 10.2. The van der Waals surface area contributed by atoms with E-state index >= 15 is 0 Å². The van der Waals surface area contributed by atoms with Crippen molar-refractivity contribution in [1.29, 1.82) is 0 Å². The predicted octanol–water partition coefficient (Wildman–Crippen LogP) is 5.28.